The first kappa shape index (κ1) is 14.7. The predicted octanol–water partition coefficient (Wildman–Crippen LogP) is 2.59. The van der Waals surface area contributed by atoms with Crippen LogP contribution in [0.25, 0.3) is 0 Å². The topological polar surface area (TPSA) is 38.5 Å². The van der Waals surface area contributed by atoms with Crippen LogP contribution < -0.4 is 5.73 Å². The minimum absolute atomic E-state index is 0.142. The molecule has 1 aromatic rings. The summed E-state index contributed by atoms with van der Waals surface area (Å²) in [5.41, 5.74) is 6.42. The molecule has 2 atom stereocenters. The number of likely N-dealkylation sites (tertiary alicyclic amines) is 1. The Morgan fingerprint density at radius 1 is 1.58 bits per heavy atom. The highest BCUT2D eigenvalue weighted by Crippen LogP contribution is 2.28. The number of hydrogen-bond donors (Lipinski definition) is 1. The van der Waals surface area contributed by atoms with Crippen molar-refractivity contribution in [3.8, 4) is 0 Å². The molecule has 1 aliphatic heterocycles. The van der Waals surface area contributed by atoms with E-state index in [9.17, 15) is 4.39 Å². The fraction of sp³-hybridized carbons (Fsp3) is 0.571. The first-order valence-corrected chi connectivity index (χ1v) is 6.95. The molecule has 0 spiro atoms. The van der Waals surface area contributed by atoms with Gasteiger partial charge in [0.25, 0.3) is 0 Å². The van der Waals surface area contributed by atoms with Gasteiger partial charge in [0.2, 0.25) is 0 Å². The Morgan fingerprint density at radius 2 is 2.37 bits per heavy atom. The second kappa shape index (κ2) is 6.66. The summed E-state index contributed by atoms with van der Waals surface area (Å²) in [5, 5.41) is 0.537. The predicted molar refractivity (Wildman–Crippen MR) is 74.8 cm³/mol. The van der Waals surface area contributed by atoms with Gasteiger partial charge >= 0.3 is 0 Å². The highest BCUT2D eigenvalue weighted by Gasteiger charge is 2.27. The van der Waals surface area contributed by atoms with Gasteiger partial charge in [-0.1, -0.05) is 11.6 Å². The zero-order valence-electron chi connectivity index (χ0n) is 11.1. The van der Waals surface area contributed by atoms with Gasteiger partial charge in [-0.15, -0.1) is 0 Å². The highest BCUT2D eigenvalue weighted by molar-refractivity contribution is 6.30. The van der Waals surface area contributed by atoms with E-state index in [0.717, 1.165) is 25.9 Å². The molecule has 0 radical (unpaired) electrons. The van der Waals surface area contributed by atoms with Crippen molar-refractivity contribution in [2.75, 3.05) is 26.7 Å². The first-order valence-electron chi connectivity index (χ1n) is 6.57. The number of benzene rings is 1. The molecule has 3 nitrogen and oxygen atoms in total. The van der Waals surface area contributed by atoms with E-state index in [4.69, 9.17) is 22.1 Å². The van der Waals surface area contributed by atoms with Crippen molar-refractivity contribution in [2.45, 2.75) is 25.0 Å². The maximum absolute atomic E-state index is 14.0. The van der Waals surface area contributed by atoms with Crippen molar-refractivity contribution in [1.82, 2.24) is 4.90 Å². The number of halogens is 2. The number of rotatable bonds is 4. The number of methoxy groups -OCH3 is 1. The van der Waals surface area contributed by atoms with Gasteiger partial charge in [0.1, 0.15) is 5.82 Å². The van der Waals surface area contributed by atoms with Gasteiger partial charge < -0.3 is 10.5 Å². The van der Waals surface area contributed by atoms with Crippen LogP contribution in [-0.4, -0.2) is 37.7 Å². The summed E-state index contributed by atoms with van der Waals surface area (Å²) in [6.45, 7) is 2.06. The molecule has 106 valence electrons. The molecule has 2 rings (SSSR count). The number of nitrogens with two attached hydrogens (primary N) is 1. The van der Waals surface area contributed by atoms with E-state index in [-0.39, 0.29) is 18.0 Å². The van der Waals surface area contributed by atoms with E-state index in [1.807, 2.05) is 0 Å². The quantitative estimate of drug-likeness (QED) is 0.925. The van der Waals surface area contributed by atoms with Gasteiger partial charge in [-0.3, -0.25) is 4.90 Å². The van der Waals surface area contributed by atoms with Crippen molar-refractivity contribution in [3.63, 3.8) is 0 Å². The van der Waals surface area contributed by atoms with Gasteiger partial charge in [0.15, 0.2) is 0 Å². The first-order chi connectivity index (χ1) is 9.15. The molecule has 0 aromatic heterocycles. The van der Waals surface area contributed by atoms with Crippen molar-refractivity contribution in [1.29, 1.82) is 0 Å². The highest BCUT2D eigenvalue weighted by atomic mass is 35.5. The lowest BCUT2D eigenvalue weighted by molar-refractivity contribution is 0.0149. The third kappa shape index (κ3) is 3.45. The Hall–Kier alpha value is -0.680. The minimum atomic E-state index is -0.251. The molecular formula is C14H20ClFN2O. The normalized spacial score (nSPS) is 22.4. The summed E-state index contributed by atoms with van der Waals surface area (Å²) in [6.07, 6.45) is 2.28. The standard InChI is InChI=1S/C14H20ClFN2O/c1-19-11-3-2-6-18(9-11)14(8-17)12-7-10(15)4-5-13(12)16/h4-5,7,11,14H,2-3,6,8-9,17H2,1H3. The molecule has 1 aliphatic rings. The molecule has 1 saturated heterocycles. The van der Waals surface area contributed by atoms with Crippen molar-refractivity contribution < 1.29 is 9.13 Å². The second-order valence-corrected chi connectivity index (χ2v) is 5.35. The number of hydrogen-bond acceptors (Lipinski definition) is 3. The molecule has 2 unspecified atom stereocenters. The van der Waals surface area contributed by atoms with Crippen molar-refractivity contribution >= 4 is 11.6 Å². The lowest BCUT2D eigenvalue weighted by Gasteiger charge is -2.37. The zero-order chi connectivity index (χ0) is 13.8. The van der Waals surface area contributed by atoms with Crippen LogP contribution in [0.5, 0.6) is 0 Å². The lowest BCUT2D eigenvalue weighted by Crippen LogP contribution is -2.44. The Morgan fingerprint density at radius 3 is 3.05 bits per heavy atom. The van der Waals surface area contributed by atoms with E-state index < -0.39 is 0 Å². The van der Waals surface area contributed by atoms with Gasteiger partial charge in [-0.2, -0.15) is 0 Å². The summed E-state index contributed by atoms with van der Waals surface area (Å²) in [4.78, 5) is 2.19. The summed E-state index contributed by atoms with van der Waals surface area (Å²) < 4.78 is 19.4. The van der Waals surface area contributed by atoms with Gasteiger partial charge in [0, 0.05) is 30.8 Å². The van der Waals surface area contributed by atoms with Gasteiger partial charge in [-0.25, -0.2) is 4.39 Å². The maximum atomic E-state index is 14.0. The molecule has 0 amide bonds. The largest absolute Gasteiger partial charge is 0.380 e. The van der Waals surface area contributed by atoms with Crippen LogP contribution in [0.2, 0.25) is 5.02 Å². The fourth-order valence-electron chi connectivity index (χ4n) is 2.68. The lowest BCUT2D eigenvalue weighted by atomic mass is 10.00. The average Bonchev–Trinajstić information content (AvgIpc) is 2.44. The molecule has 19 heavy (non-hydrogen) atoms. The molecule has 1 aromatic carbocycles. The average molecular weight is 287 g/mol. The van der Waals surface area contributed by atoms with Gasteiger partial charge in [0.05, 0.1) is 12.1 Å². The zero-order valence-corrected chi connectivity index (χ0v) is 11.9. The number of nitrogens with zero attached hydrogens (tertiary/aromatic N) is 1. The maximum Gasteiger partial charge on any atom is 0.128 e. The third-order valence-corrected chi connectivity index (χ3v) is 3.96. The van der Waals surface area contributed by atoms with Crippen LogP contribution in [0.4, 0.5) is 4.39 Å². The van der Waals surface area contributed by atoms with E-state index >= 15 is 0 Å². The molecule has 1 fully saturated rings. The number of ether oxygens (including phenoxy) is 1. The van der Waals surface area contributed by atoms with Crippen LogP contribution in [0.3, 0.4) is 0 Å². The van der Waals surface area contributed by atoms with Crippen molar-refractivity contribution in [3.05, 3.63) is 34.6 Å². The summed E-state index contributed by atoms with van der Waals surface area (Å²) in [6, 6.07) is 4.49. The monoisotopic (exact) mass is 286 g/mol. The second-order valence-electron chi connectivity index (χ2n) is 4.91. The molecule has 0 aliphatic carbocycles. The number of piperidine rings is 1. The molecule has 1 heterocycles. The molecule has 0 bridgehead atoms. The molecule has 0 saturated carbocycles. The van der Waals surface area contributed by atoms with E-state index in [0.29, 0.717) is 17.1 Å². The Bertz CT molecular complexity index is 430. The Labute approximate surface area is 118 Å². The fourth-order valence-corrected chi connectivity index (χ4v) is 2.86. The third-order valence-electron chi connectivity index (χ3n) is 3.72. The van der Waals surface area contributed by atoms with E-state index in [1.165, 1.54) is 6.07 Å². The van der Waals surface area contributed by atoms with Crippen LogP contribution in [-0.2, 0) is 4.74 Å². The van der Waals surface area contributed by atoms with Crippen LogP contribution in [0.15, 0.2) is 18.2 Å². The summed E-state index contributed by atoms with van der Waals surface area (Å²) in [5.74, 6) is -0.251. The molecule has 5 heteroatoms. The van der Waals surface area contributed by atoms with Crippen molar-refractivity contribution in [2.24, 2.45) is 5.73 Å². The summed E-state index contributed by atoms with van der Waals surface area (Å²) >= 11 is 5.96. The van der Waals surface area contributed by atoms with Crippen LogP contribution in [0, 0.1) is 5.82 Å². The summed E-state index contributed by atoms with van der Waals surface area (Å²) in [7, 11) is 1.71. The molecule has 2 N–H and O–H groups in total. The van der Waals surface area contributed by atoms with E-state index in [2.05, 4.69) is 4.90 Å². The van der Waals surface area contributed by atoms with Crippen LogP contribution >= 0.6 is 11.6 Å². The van der Waals surface area contributed by atoms with E-state index in [1.54, 1.807) is 19.2 Å². The van der Waals surface area contributed by atoms with Gasteiger partial charge in [-0.05, 0) is 37.6 Å². The molecular weight excluding hydrogens is 267 g/mol. The SMILES string of the molecule is COC1CCCN(C(CN)c2cc(Cl)ccc2F)C1. The Kier molecular flexibility index (Phi) is 5.16. The Balaban J connectivity index is 2.21. The smallest absolute Gasteiger partial charge is 0.128 e. The van der Waals surface area contributed by atoms with Crippen LogP contribution in [0.1, 0.15) is 24.4 Å². The minimum Gasteiger partial charge on any atom is -0.380 e.